The number of aryl methyl sites for hydroxylation is 2. The van der Waals surface area contributed by atoms with E-state index in [0.717, 1.165) is 72.7 Å². The van der Waals surface area contributed by atoms with Crippen molar-refractivity contribution in [2.24, 2.45) is 0 Å². The summed E-state index contributed by atoms with van der Waals surface area (Å²) in [6.07, 6.45) is 5.43. The van der Waals surface area contributed by atoms with Crippen molar-refractivity contribution in [3.05, 3.63) is 59.3 Å². The molecule has 2 aliphatic heterocycles. The first-order valence-electron chi connectivity index (χ1n) is 12.8. The SMILES string of the molecule is Cc1cccc(-c2cc(N3CCN(c4ncc(CO)cc4C)CC3)nc(N3CCCCC3C)n2)c1. The molecular formula is C28H36N6O. The molecule has 1 N–H and O–H groups in total. The van der Waals surface area contributed by atoms with Crippen molar-refractivity contribution in [1.29, 1.82) is 0 Å². The maximum atomic E-state index is 9.40. The van der Waals surface area contributed by atoms with E-state index >= 15 is 0 Å². The van der Waals surface area contributed by atoms with E-state index in [4.69, 9.17) is 9.97 Å². The molecule has 4 heterocycles. The van der Waals surface area contributed by atoms with Gasteiger partial charge in [0.1, 0.15) is 11.6 Å². The van der Waals surface area contributed by atoms with Crippen LogP contribution in [0.25, 0.3) is 11.3 Å². The molecule has 1 aromatic carbocycles. The van der Waals surface area contributed by atoms with E-state index in [1.165, 1.54) is 24.8 Å². The lowest BCUT2D eigenvalue weighted by Gasteiger charge is -2.38. The van der Waals surface area contributed by atoms with E-state index in [9.17, 15) is 5.11 Å². The van der Waals surface area contributed by atoms with E-state index in [1.807, 2.05) is 6.07 Å². The van der Waals surface area contributed by atoms with Crippen LogP contribution in [0, 0.1) is 13.8 Å². The maximum absolute atomic E-state index is 9.40. The number of nitrogens with zero attached hydrogens (tertiary/aromatic N) is 6. The molecule has 5 rings (SSSR count). The first-order chi connectivity index (χ1) is 17.0. The van der Waals surface area contributed by atoms with Crippen molar-refractivity contribution in [2.75, 3.05) is 47.4 Å². The minimum atomic E-state index is 0.0247. The highest BCUT2D eigenvalue weighted by atomic mass is 16.3. The van der Waals surface area contributed by atoms with Crippen LogP contribution in [0.15, 0.2) is 42.6 Å². The Balaban J connectivity index is 1.42. The summed E-state index contributed by atoms with van der Waals surface area (Å²) in [7, 11) is 0. The number of pyridine rings is 1. The third-order valence-electron chi connectivity index (χ3n) is 7.27. The molecule has 0 radical (unpaired) electrons. The predicted octanol–water partition coefficient (Wildman–Crippen LogP) is 4.35. The normalized spacial score (nSPS) is 18.7. The van der Waals surface area contributed by atoms with Gasteiger partial charge in [0.25, 0.3) is 0 Å². The highest BCUT2D eigenvalue weighted by Gasteiger charge is 2.25. The van der Waals surface area contributed by atoms with Crippen LogP contribution in [0.3, 0.4) is 0 Å². The topological polar surface area (TPSA) is 68.6 Å². The molecule has 3 aromatic rings. The molecule has 35 heavy (non-hydrogen) atoms. The minimum Gasteiger partial charge on any atom is -0.392 e. The van der Waals surface area contributed by atoms with Crippen LogP contribution in [0.4, 0.5) is 17.6 Å². The molecule has 0 bridgehead atoms. The van der Waals surface area contributed by atoms with Gasteiger partial charge in [0.2, 0.25) is 5.95 Å². The number of hydrogen-bond acceptors (Lipinski definition) is 7. The summed E-state index contributed by atoms with van der Waals surface area (Å²) >= 11 is 0. The fraction of sp³-hybridized carbons (Fsp3) is 0.464. The zero-order chi connectivity index (χ0) is 24.4. The van der Waals surface area contributed by atoms with Gasteiger partial charge in [-0.2, -0.15) is 4.98 Å². The third kappa shape index (κ3) is 5.10. The van der Waals surface area contributed by atoms with Crippen molar-refractivity contribution in [2.45, 2.75) is 52.7 Å². The number of benzene rings is 1. The van der Waals surface area contributed by atoms with Crippen molar-refractivity contribution in [3.63, 3.8) is 0 Å². The molecule has 2 aromatic heterocycles. The van der Waals surface area contributed by atoms with Gasteiger partial charge in [-0.3, -0.25) is 0 Å². The molecule has 7 heteroatoms. The van der Waals surface area contributed by atoms with Crippen LogP contribution in [-0.2, 0) is 6.61 Å². The molecule has 2 aliphatic rings. The summed E-state index contributed by atoms with van der Waals surface area (Å²) in [4.78, 5) is 21.9. The maximum Gasteiger partial charge on any atom is 0.228 e. The van der Waals surface area contributed by atoms with Gasteiger partial charge < -0.3 is 19.8 Å². The lowest BCUT2D eigenvalue weighted by atomic mass is 10.0. The molecule has 0 aliphatic carbocycles. The van der Waals surface area contributed by atoms with Gasteiger partial charge in [0, 0.05) is 56.6 Å². The zero-order valence-corrected chi connectivity index (χ0v) is 21.1. The van der Waals surface area contributed by atoms with Crippen molar-refractivity contribution in [1.82, 2.24) is 15.0 Å². The van der Waals surface area contributed by atoms with Crippen molar-refractivity contribution in [3.8, 4) is 11.3 Å². The van der Waals surface area contributed by atoms with Gasteiger partial charge in [-0.25, -0.2) is 9.97 Å². The van der Waals surface area contributed by atoms with Crippen LogP contribution in [-0.4, -0.2) is 58.8 Å². The van der Waals surface area contributed by atoms with E-state index in [-0.39, 0.29) is 6.61 Å². The Kier molecular flexibility index (Phi) is 6.86. The zero-order valence-electron chi connectivity index (χ0n) is 21.1. The molecule has 184 valence electrons. The summed E-state index contributed by atoms with van der Waals surface area (Å²) in [5.41, 5.74) is 5.33. The van der Waals surface area contributed by atoms with Crippen LogP contribution in [0.1, 0.15) is 42.9 Å². The number of rotatable bonds is 5. The molecule has 1 unspecified atom stereocenters. The Morgan fingerprint density at radius 2 is 1.74 bits per heavy atom. The average molecular weight is 473 g/mol. The third-order valence-corrected chi connectivity index (χ3v) is 7.27. The van der Waals surface area contributed by atoms with Gasteiger partial charge >= 0.3 is 0 Å². The number of aromatic nitrogens is 3. The first-order valence-corrected chi connectivity index (χ1v) is 12.8. The van der Waals surface area contributed by atoms with Gasteiger partial charge in [-0.15, -0.1) is 0 Å². The highest BCUT2D eigenvalue weighted by molar-refractivity contribution is 5.66. The number of aliphatic hydroxyl groups excluding tert-OH is 1. The van der Waals surface area contributed by atoms with E-state index in [0.29, 0.717) is 6.04 Å². The minimum absolute atomic E-state index is 0.0247. The molecule has 0 spiro atoms. The number of anilines is 3. The Labute approximate surface area is 208 Å². The number of hydrogen-bond donors (Lipinski definition) is 1. The Morgan fingerprint density at radius 3 is 2.46 bits per heavy atom. The molecule has 1 atom stereocenters. The number of piperidine rings is 1. The van der Waals surface area contributed by atoms with Gasteiger partial charge in [0.05, 0.1) is 12.3 Å². The molecule has 2 fully saturated rings. The summed E-state index contributed by atoms with van der Waals surface area (Å²) in [5, 5.41) is 9.40. The molecule has 7 nitrogen and oxygen atoms in total. The van der Waals surface area contributed by atoms with Crippen LogP contribution < -0.4 is 14.7 Å². The second-order valence-electron chi connectivity index (χ2n) is 9.94. The largest absolute Gasteiger partial charge is 0.392 e. The highest BCUT2D eigenvalue weighted by Crippen LogP contribution is 2.30. The van der Waals surface area contributed by atoms with Crippen molar-refractivity contribution < 1.29 is 5.11 Å². The van der Waals surface area contributed by atoms with Crippen LogP contribution >= 0.6 is 0 Å². The van der Waals surface area contributed by atoms with Crippen LogP contribution in [0.2, 0.25) is 0 Å². The molecule has 0 amide bonds. The van der Waals surface area contributed by atoms with Gasteiger partial charge in [0.15, 0.2) is 0 Å². The summed E-state index contributed by atoms with van der Waals surface area (Å²) < 4.78 is 0. The Morgan fingerprint density at radius 1 is 0.943 bits per heavy atom. The van der Waals surface area contributed by atoms with Crippen LogP contribution in [0.5, 0.6) is 0 Å². The predicted molar refractivity (Wildman–Crippen MR) is 142 cm³/mol. The average Bonchev–Trinajstić information content (AvgIpc) is 2.89. The monoisotopic (exact) mass is 472 g/mol. The van der Waals surface area contributed by atoms with Gasteiger partial charge in [-0.1, -0.05) is 23.8 Å². The lowest BCUT2D eigenvalue weighted by Crippen LogP contribution is -2.47. The molecule has 2 saturated heterocycles. The summed E-state index contributed by atoms with van der Waals surface area (Å²) in [5.74, 6) is 2.86. The quantitative estimate of drug-likeness (QED) is 0.592. The Hall–Kier alpha value is -3.19. The summed E-state index contributed by atoms with van der Waals surface area (Å²) in [6, 6.07) is 13.2. The smallest absolute Gasteiger partial charge is 0.228 e. The van der Waals surface area contributed by atoms with E-state index < -0.39 is 0 Å². The van der Waals surface area contributed by atoms with E-state index in [1.54, 1.807) is 6.20 Å². The Bertz CT molecular complexity index is 1170. The summed E-state index contributed by atoms with van der Waals surface area (Å²) in [6.45, 7) is 11.0. The first kappa shape index (κ1) is 23.5. The number of aliphatic hydroxyl groups is 1. The fourth-order valence-electron chi connectivity index (χ4n) is 5.25. The lowest BCUT2D eigenvalue weighted by molar-refractivity contribution is 0.281. The molecule has 0 saturated carbocycles. The second-order valence-corrected chi connectivity index (χ2v) is 9.94. The standard InChI is InChI=1S/C28H36N6O/c1-20-7-6-9-24(15-20)25-17-26(31-28(30-25)34-10-5-4-8-22(34)3)32-11-13-33(14-12-32)27-21(2)16-23(19-35)18-29-27/h6-7,9,15-18,22,35H,4-5,8,10-14,19H2,1-3H3. The van der Waals surface area contributed by atoms with Gasteiger partial charge in [-0.05, 0) is 63.3 Å². The van der Waals surface area contributed by atoms with Crippen molar-refractivity contribution >= 4 is 17.6 Å². The number of piperazine rings is 1. The fourth-order valence-corrected chi connectivity index (χ4v) is 5.25. The van der Waals surface area contributed by atoms with E-state index in [2.05, 4.69) is 70.8 Å². The molecular weight excluding hydrogens is 436 g/mol. The second kappa shape index (κ2) is 10.2.